The minimum atomic E-state index is -3.29. The second-order valence-electron chi connectivity index (χ2n) is 11.5. The highest BCUT2D eigenvalue weighted by Gasteiger charge is 2.34. The van der Waals surface area contributed by atoms with Gasteiger partial charge in [-0.25, -0.2) is 17.9 Å². The van der Waals surface area contributed by atoms with Gasteiger partial charge < -0.3 is 15.4 Å². The van der Waals surface area contributed by atoms with Crippen molar-refractivity contribution in [1.82, 2.24) is 19.8 Å². The molecule has 0 radical (unpaired) electrons. The molecule has 1 amide bonds. The molecule has 2 aliphatic carbocycles. The van der Waals surface area contributed by atoms with Crippen LogP contribution in [0, 0.1) is 0 Å². The fraction of sp³-hybridized carbons (Fsp3) is 0.840. The molecule has 3 heterocycles. The molecule has 6 bridgehead atoms. The number of anilines is 1. The lowest BCUT2D eigenvalue weighted by Gasteiger charge is -2.29. The van der Waals surface area contributed by atoms with Crippen LogP contribution in [0.15, 0.2) is 6.07 Å². The van der Waals surface area contributed by atoms with Gasteiger partial charge in [-0.2, -0.15) is 5.10 Å². The van der Waals surface area contributed by atoms with Gasteiger partial charge in [-0.1, -0.05) is 12.8 Å². The van der Waals surface area contributed by atoms with Crippen molar-refractivity contribution in [2.75, 3.05) is 18.4 Å². The van der Waals surface area contributed by atoms with Crippen molar-refractivity contribution in [3.8, 4) is 0 Å². The SMILES string of the molecule is CC(C)(C)n1nc2cc1[C@H]1CC[C@H](C1)OC(=O)NCCCCCCNS(=O)(=O)C1CCC(CC1)N2. The van der Waals surface area contributed by atoms with Gasteiger partial charge in [-0.15, -0.1) is 0 Å². The van der Waals surface area contributed by atoms with E-state index in [1.54, 1.807) is 0 Å². The number of nitrogens with zero attached hydrogens (tertiary/aromatic N) is 2. The van der Waals surface area contributed by atoms with Crippen LogP contribution in [0.3, 0.4) is 0 Å². The first-order valence-corrected chi connectivity index (χ1v) is 15.0. The number of hydrogen-bond donors (Lipinski definition) is 3. The largest absolute Gasteiger partial charge is 0.446 e. The number of fused-ring (bicyclic) bond motifs is 12. The number of sulfonamides is 1. The van der Waals surface area contributed by atoms with Crippen molar-refractivity contribution < 1.29 is 17.9 Å². The van der Waals surface area contributed by atoms with Crippen molar-refractivity contribution in [3.05, 3.63) is 11.8 Å². The number of nitrogens with one attached hydrogen (secondary N) is 3. The highest BCUT2D eigenvalue weighted by molar-refractivity contribution is 7.90. The van der Waals surface area contributed by atoms with Crippen molar-refractivity contribution in [3.63, 3.8) is 0 Å². The Morgan fingerprint density at radius 2 is 1.71 bits per heavy atom. The zero-order chi connectivity index (χ0) is 25.1. The van der Waals surface area contributed by atoms with Crippen LogP contribution in [-0.2, 0) is 20.3 Å². The van der Waals surface area contributed by atoms with Crippen LogP contribution in [0.2, 0.25) is 0 Å². The summed E-state index contributed by atoms with van der Waals surface area (Å²) in [4.78, 5) is 12.3. The Morgan fingerprint density at radius 1 is 1.00 bits per heavy atom. The minimum absolute atomic E-state index is 0.0686. The predicted octanol–water partition coefficient (Wildman–Crippen LogP) is 4.22. The Labute approximate surface area is 210 Å². The van der Waals surface area contributed by atoms with E-state index in [-0.39, 0.29) is 29.0 Å². The maximum atomic E-state index is 12.8. The first-order valence-electron chi connectivity index (χ1n) is 13.4. The van der Waals surface area contributed by atoms with E-state index in [2.05, 4.69) is 46.9 Å². The van der Waals surface area contributed by atoms with Crippen LogP contribution in [-0.4, -0.2) is 54.8 Å². The molecule has 2 fully saturated rings. The summed E-state index contributed by atoms with van der Waals surface area (Å²) in [7, 11) is -3.29. The zero-order valence-electron chi connectivity index (χ0n) is 21.5. The fourth-order valence-electron chi connectivity index (χ4n) is 5.66. The third kappa shape index (κ3) is 6.90. The van der Waals surface area contributed by atoms with Gasteiger partial charge in [0.15, 0.2) is 0 Å². The Morgan fingerprint density at radius 3 is 2.43 bits per heavy atom. The number of amides is 1. The Bertz CT molecular complexity index is 963. The highest BCUT2D eigenvalue weighted by atomic mass is 32.2. The molecule has 1 aromatic rings. The molecule has 0 unspecified atom stereocenters. The van der Waals surface area contributed by atoms with Gasteiger partial charge >= 0.3 is 6.09 Å². The smallest absolute Gasteiger partial charge is 0.407 e. The number of carbonyl (C=O) groups is 1. The summed E-state index contributed by atoms with van der Waals surface area (Å²) in [5, 5.41) is 11.1. The third-order valence-corrected chi connectivity index (χ3v) is 9.55. The number of rotatable bonds is 0. The molecule has 0 saturated heterocycles. The molecule has 1 aromatic heterocycles. The second-order valence-corrected chi connectivity index (χ2v) is 13.5. The fourth-order valence-corrected chi connectivity index (χ4v) is 7.21. The monoisotopic (exact) mass is 509 g/mol. The summed E-state index contributed by atoms with van der Waals surface area (Å²) in [6.45, 7) is 7.51. The predicted molar refractivity (Wildman–Crippen MR) is 137 cm³/mol. The number of ether oxygens (including phenoxy) is 1. The van der Waals surface area contributed by atoms with Crippen LogP contribution in [0.1, 0.15) is 103 Å². The normalized spacial score (nSPS) is 30.9. The lowest BCUT2D eigenvalue weighted by Crippen LogP contribution is -2.39. The number of aromatic nitrogens is 2. The van der Waals surface area contributed by atoms with Gasteiger partial charge in [0.05, 0.1) is 10.8 Å². The van der Waals surface area contributed by atoms with Gasteiger partial charge in [0.2, 0.25) is 10.0 Å². The van der Waals surface area contributed by atoms with Gasteiger partial charge in [0.25, 0.3) is 0 Å². The second kappa shape index (κ2) is 11.1. The standard InChI is InChI=1S/C25H43N5O4S/c1-25(2,3)30-22-17-23(29-30)28-19-9-12-21(13-10-19)35(32,33)27-15-7-5-4-6-14-26-24(31)34-20-11-8-18(22)16-20/h17-21,27H,4-16H2,1-3H3,(H,26,31)(H,28,29)/t18-,19?,20+,21?/m0/s1. The van der Waals surface area contributed by atoms with Crippen molar-refractivity contribution in [1.29, 1.82) is 0 Å². The summed E-state index contributed by atoms with van der Waals surface area (Å²) >= 11 is 0. The maximum absolute atomic E-state index is 12.8. The maximum Gasteiger partial charge on any atom is 0.407 e. The van der Waals surface area contributed by atoms with E-state index < -0.39 is 10.0 Å². The summed E-state index contributed by atoms with van der Waals surface area (Å²) in [6.07, 6.45) is 8.75. The van der Waals surface area contributed by atoms with Crippen molar-refractivity contribution >= 4 is 21.9 Å². The molecule has 4 aliphatic rings. The third-order valence-electron chi connectivity index (χ3n) is 7.59. The summed E-state index contributed by atoms with van der Waals surface area (Å²) in [5.74, 6) is 1.14. The summed E-state index contributed by atoms with van der Waals surface area (Å²) in [6, 6.07) is 2.37. The molecule has 35 heavy (non-hydrogen) atoms. The van der Waals surface area contributed by atoms with E-state index in [4.69, 9.17) is 9.84 Å². The van der Waals surface area contributed by atoms with Crippen molar-refractivity contribution in [2.45, 2.75) is 120 Å². The van der Waals surface area contributed by atoms with E-state index in [1.807, 2.05) is 0 Å². The lowest BCUT2D eigenvalue weighted by atomic mass is 9.95. The van der Waals surface area contributed by atoms with Gasteiger partial charge in [0, 0.05) is 36.8 Å². The van der Waals surface area contributed by atoms with Crippen LogP contribution in [0.5, 0.6) is 0 Å². The molecule has 2 saturated carbocycles. The molecule has 2 atom stereocenters. The molecule has 2 aliphatic heterocycles. The molecule has 0 spiro atoms. The van der Waals surface area contributed by atoms with Gasteiger partial charge in [0.1, 0.15) is 11.9 Å². The van der Waals surface area contributed by atoms with Crippen LogP contribution < -0.4 is 15.4 Å². The Balaban J connectivity index is 1.50. The Hall–Kier alpha value is -1.81. The molecule has 9 nitrogen and oxygen atoms in total. The summed E-state index contributed by atoms with van der Waals surface area (Å²) in [5.41, 5.74) is 1.00. The van der Waals surface area contributed by atoms with Gasteiger partial charge in [-0.3, -0.25) is 4.68 Å². The van der Waals surface area contributed by atoms with E-state index >= 15 is 0 Å². The first kappa shape index (κ1) is 26.3. The average Bonchev–Trinajstić information content (AvgIpc) is 3.42. The zero-order valence-corrected chi connectivity index (χ0v) is 22.3. The molecule has 3 N–H and O–H groups in total. The Kier molecular flexibility index (Phi) is 8.30. The van der Waals surface area contributed by atoms with E-state index in [0.29, 0.717) is 31.8 Å². The van der Waals surface area contributed by atoms with Crippen molar-refractivity contribution in [2.24, 2.45) is 0 Å². The molecular weight excluding hydrogens is 466 g/mol. The summed E-state index contributed by atoms with van der Waals surface area (Å²) < 4.78 is 36.2. The van der Waals surface area contributed by atoms with Crippen LogP contribution >= 0.6 is 0 Å². The van der Waals surface area contributed by atoms with Gasteiger partial charge in [-0.05, 0) is 78.6 Å². The number of hydrogen-bond acceptors (Lipinski definition) is 6. The quantitative estimate of drug-likeness (QED) is 0.483. The minimum Gasteiger partial charge on any atom is -0.446 e. The first-order chi connectivity index (χ1) is 16.6. The molecule has 10 heteroatoms. The molecule has 0 aromatic carbocycles. The number of alkyl carbamates (subject to hydrolysis) is 1. The topological polar surface area (TPSA) is 114 Å². The number of carbonyl (C=O) groups excluding carboxylic acids is 1. The molecule has 5 rings (SSSR count). The molecular formula is C25H43N5O4S. The van der Waals surface area contributed by atoms with E-state index in [1.165, 1.54) is 5.69 Å². The van der Waals surface area contributed by atoms with Crippen LogP contribution in [0.4, 0.5) is 10.6 Å². The highest BCUT2D eigenvalue weighted by Crippen LogP contribution is 2.39. The van der Waals surface area contributed by atoms with E-state index in [9.17, 15) is 13.2 Å². The lowest BCUT2D eigenvalue weighted by molar-refractivity contribution is 0.0998. The van der Waals surface area contributed by atoms with Crippen LogP contribution in [0.25, 0.3) is 0 Å². The average molecular weight is 510 g/mol. The van der Waals surface area contributed by atoms with E-state index in [0.717, 1.165) is 63.6 Å². The molecule has 198 valence electrons.